The normalized spacial score (nSPS) is 16.3. The van der Waals surface area contributed by atoms with Crippen LogP contribution in [0.25, 0.3) is 0 Å². The van der Waals surface area contributed by atoms with E-state index in [2.05, 4.69) is 31.2 Å². The summed E-state index contributed by atoms with van der Waals surface area (Å²) in [6.07, 6.45) is 3.67. The van der Waals surface area contributed by atoms with Gasteiger partial charge in [-0.15, -0.1) is 0 Å². The summed E-state index contributed by atoms with van der Waals surface area (Å²) < 4.78 is 7.85. The van der Waals surface area contributed by atoms with Gasteiger partial charge in [0.1, 0.15) is 0 Å². The molecule has 1 rings (SSSR count). The van der Waals surface area contributed by atoms with Gasteiger partial charge in [0.2, 0.25) is 0 Å². The smallest absolute Gasteiger partial charge is 0.0861 e. The number of hydrogen-bond acceptors (Lipinski definition) is 3. The van der Waals surface area contributed by atoms with Crippen molar-refractivity contribution in [1.82, 2.24) is 15.1 Å². The fourth-order valence-corrected chi connectivity index (χ4v) is 2.63. The average molecular weight is 288 g/mol. The number of hydrogen-bond donors (Lipinski definition) is 1. The molecule has 0 amide bonds. The van der Waals surface area contributed by atoms with Gasteiger partial charge in [0.05, 0.1) is 28.6 Å². The van der Waals surface area contributed by atoms with Crippen LogP contribution in [0.15, 0.2) is 6.20 Å². The monoisotopic (exact) mass is 287 g/mol. The van der Waals surface area contributed by atoms with Gasteiger partial charge in [-0.2, -0.15) is 5.10 Å². The Hall–Kier alpha value is -0.580. The summed E-state index contributed by atoms with van der Waals surface area (Å²) in [6.45, 7) is 10.1. The van der Waals surface area contributed by atoms with E-state index in [0.29, 0.717) is 11.6 Å². The van der Waals surface area contributed by atoms with Crippen LogP contribution in [0.3, 0.4) is 0 Å². The van der Waals surface area contributed by atoms with Gasteiger partial charge < -0.3 is 10.1 Å². The molecule has 2 unspecified atom stereocenters. The van der Waals surface area contributed by atoms with Crippen molar-refractivity contribution in [2.45, 2.75) is 52.2 Å². The largest absolute Gasteiger partial charge is 0.374 e. The highest BCUT2D eigenvalue weighted by atomic mass is 35.5. The molecule has 0 spiro atoms. The SMILES string of the molecule is CCCNC(c1c(Cl)cnn1C)C(C)(CC)OCC. The minimum absolute atomic E-state index is 0.0393. The molecule has 1 heterocycles. The topological polar surface area (TPSA) is 39.1 Å². The summed E-state index contributed by atoms with van der Waals surface area (Å²) in [5.41, 5.74) is 0.703. The van der Waals surface area contributed by atoms with Crippen molar-refractivity contribution in [1.29, 1.82) is 0 Å². The third-order valence-corrected chi connectivity index (χ3v) is 3.89. The minimum atomic E-state index is -0.290. The van der Waals surface area contributed by atoms with Crippen LogP contribution in [0.2, 0.25) is 5.02 Å². The van der Waals surface area contributed by atoms with E-state index in [1.54, 1.807) is 6.20 Å². The maximum Gasteiger partial charge on any atom is 0.0861 e. The molecule has 5 heteroatoms. The molecule has 1 aromatic heterocycles. The standard InChI is InChI=1S/C14H26ClN3O/c1-6-9-16-13(14(4,7-2)19-8-3)12-11(15)10-17-18(12)5/h10,13,16H,6-9H2,1-5H3. The third-order valence-electron chi connectivity index (χ3n) is 3.60. The molecule has 0 aromatic carbocycles. The quantitative estimate of drug-likeness (QED) is 0.797. The lowest BCUT2D eigenvalue weighted by Gasteiger charge is -2.37. The van der Waals surface area contributed by atoms with Crippen molar-refractivity contribution in [3.05, 3.63) is 16.9 Å². The number of aromatic nitrogens is 2. The van der Waals surface area contributed by atoms with E-state index >= 15 is 0 Å². The van der Waals surface area contributed by atoms with Crippen molar-refractivity contribution in [3.63, 3.8) is 0 Å². The molecule has 0 bridgehead atoms. The first-order valence-electron chi connectivity index (χ1n) is 7.04. The predicted molar refractivity (Wildman–Crippen MR) is 79.6 cm³/mol. The van der Waals surface area contributed by atoms with Gasteiger partial charge in [-0.1, -0.05) is 25.4 Å². The highest BCUT2D eigenvalue weighted by molar-refractivity contribution is 6.31. The van der Waals surface area contributed by atoms with E-state index < -0.39 is 0 Å². The van der Waals surface area contributed by atoms with E-state index in [1.807, 2.05) is 18.7 Å². The highest BCUT2D eigenvalue weighted by Gasteiger charge is 2.37. The zero-order valence-corrected chi connectivity index (χ0v) is 13.4. The molecule has 0 aliphatic rings. The first kappa shape index (κ1) is 16.5. The van der Waals surface area contributed by atoms with Crippen molar-refractivity contribution in [2.75, 3.05) is 13.2 Å². The number of ether oxygens (including phenoxy) is 1. The van der Waals surface area contributed by atoms with Crippen LogP contribution in [0, 0.1) is 0 Å². The van der Waals surface area contributed by atoms with Crippen LogP contribution >= 0.6 is 11.6 Å². The second kappa shape index (κ2) is 7.27. The van der Waals surface area contributed by atoms with Crippen LogP contribution in [0.1, 0.15) is 52.3 Å². The number of nitrogens with zero attached hydrogens (tertiary/aromatic N) is 2. The Labute approximate surface area is 121 Å². The lowest BCUT2D eigenvalue weighted by molar-refractivity contribution is -0.0580. The Morgan fingerprint density at radius 3 is 2.58 bits per heavy atom. The zero-order chi connectivity index (χ0) is 14.5. The van der Waals surface area contributed by atoms with Gasteiger partial charge in [-0.25, -0.2) is 0 Å². The van der Waals surface area contributed by atoms with Crippen molar-refractivity contribution >= 4 is 11.6 Å². The molecule has 110 valence electrons. The van der Waals surface area contributed by atoms with Gasteiger partial charge >= 0.3 is 0 Å². The summed E-state index contributed by atoms with van der Waals surface area (Å²) in [5, 5.41) is 8.49. The Bertz CT molecular complexity index is 375. The predicted octanol–water partition coefficient (Wildman–Crippen LogP) is 3.32. The van der Waals surface area contributed by atoms with Crippen LogP contribution in [0.5, 0.6) is 0 Å². The first-order chi connectivity index (χ1) is 9.00. The minimum Gasteiger partial charge on any atom is -0.374 e. The van der Waals surface area contributed by atoms with Crippen molar-refractivity contribution in [2.24, 2.45) is 7.05 Å². The summed E-state index contributed by atoms with van der Waals surface area (Å²) in [7, 11) is 1.92. The summed E-state index contributed by atoms with van der Waals surface area (Å²) in [6, 6.07) is 0.0393. The summed E-state index contributed by atoms with van der Waals surface area (Å²) in [5.74, 6) is 0. The lowest BCUT2D eigenvalue weighted by atomic mass is 9.90. The molecular weight excluding hydrogens is 262 g/mol. The zero-order valence-electron chi connectivity index (χ0n) is 12.7. The average Bonchev–Trinajstić information content (AvgIpc) is 2.71. The van der Waals surface area contributed by atoms with Crippen molar-refractivity contribution in [3.8, 4) is 0 Å². The molecule has 4 nitrogen and oxygen atoms in total. The number of nitrogens with one attached hydrogen (secondary N) is 1. The van der Waals surface area contributed by atoms with Gasteiger partial charge in [0.15, 0.2) is 0 Å². The van der Waals surface area contributed by atoms with Crippen LogP contribution in [-0.2, 0) is 11.8 Å². The van der Waals surface area contributed by atoms with E-state index in [1.165, 1.54) is 0 Å². The summed E-state index contributed by atoms with van der Waals surface area (Å²) >= 11 is 6.30. The number of halogens is 1. The van der Waals surface area contributed by atoms with Crippen LogP contribution < -0.4 is 5.32 Å². The molecule has 1 aromatic rings. The number of rotatable bonds is 8. The molecular formula is C14H26ClN3O. The fraction of sp³-hybridized carbons (Fsp3) is 0.786. The van der Waals surface area contributed by atoms with E-state index in [9.17, 15) is 0 Å². The molecule has 0 radical (unpaired) electrons. The second-order valence-corrected chi connectivity index (χ2v) is 5.39. The molecule has 0 aliphatic heterocycles. The molecule has 0 fully saturated rings. The van der Waals surface area contributed by atoms with Gasteiger partial charge in [-0.05, 0) is 33.2 Å². The Morgan fingerprint density at radius 1 is 1.47 bits per heavy atom. The Kier molecular flexibility index (Phi) is 6.30. The second-order valence-electron chi connectivity index (χ2n) is 4.99. The van der Waals surface area contributed by atoms with Gasteiger partial charge in [0, 0.05) is 13.7 Å². The first-order valence-corrected chi connectivity index (χ1v) is 7.42. The highest BCUT2D eigenvalue weighted by Crippen LogP contribution is 2.35. The van der Waals surface area contributed by atoms with Gasteiger partial charge in [0.25, 0.3) is 0 Å². The lowest BCUT2D eigenvalue weighted by Crippen LogP contribution is -2.45. The molecule has 0 aliphatic carbocycles. The number of aryl methyl sites for hydroxylation is 1. The summed E-state index contributed by atoms with van der Waals surface area (Å²) in [4.78, 5) is 0. The maximum atomic E-state index is 6.30. The van der Waals surface area contributed by atoms with Crippen molar-refractivity contribution < 1.29 is 4.74 Å². The third kappa shape index (κ3) is 3.71. The molecule has 0 saturated carbocycles. The molecule has 1 N–H and O–H groups in total. The molecule has 2 atom stereocenters. The van der Waals surface area contributed by atoms with Crippen LogP contribution in [0.4, 0.5) is 0 Å². The van der Waals surface area contributed by atoms with E-state index in [4.69, 9.17) is 16.3 Å². The Morgan fingerprint density at radius 2 is 2.16 bits per heavy atom. The van der Waals surface area contributed by atoms with E-state index in [0.717, 1.165) is 25.1 Å². The molecule has 0 saturated heterocycles. The maximum absolute atomic E-state index is 6.30. The Balaban J connectivity index is 3.13. The molecule has 19 heavy (non-hydrogen) atoms. The van der Waals surface area contributed by atoms with Crippen LogP contribution in [-0.4, -0.2) is 28.5 Å². The fourth-order valence-electron chi connectivity index (χ4n) is 2.35. The van der Waals surface area contributed by atoms with E-state index in [-0.39, 0.29) is 11.6 Å². The van der Waals surface area contributed by atoms with Gasteiger partial charge in [-0.3, -0.25) is 4.68 Å².